The molecule has 0 fully saturated rings. The minimum Gasteiger partial charge on any atom is -0.494 e. The highest BCUT2D eigenvalue weighted by Gasteiger charge is 2.16. The monoisotopic (exact) mass is 279 g/mol. The van der Waals surface area contributed by atoms with Crippen molar-refractivity contribution < 1.29 is 9.84 Å². The first-order chi connectivity index (χ1) is 9.57. The SMILES string of the molecule is CCCCCOc1ccc(CNCC(C)(O)CC)cc1. The lowest BCUT2D eigenvalue weighted by molar-refractivity contribution is 0.0555. The molecular weight excluding hydrogens is 250 g/mol. The minimum atomic E-state index is -0.623. The van der Waals surface area contributed by atoms with Crippen LogP contribution in [0.5, 0.6) is 5.75 Å². The highest BCUT2D eigenvalue weighted by atomic mass is 16.5. The fourth-order valence-electron chi connectivity index (χ4n) is 1.85. The predicted octanol–water partition coefficient (Wildman–Crippen LogP) is 3.51. The molecule has 3 nitrogen and oxygen atoms in total. The van der Waals surface area contributed by atoms with Gasteiger partial charge in [0.15, 0.2) is 0 Å². The third-order valence-electron chi connectivity index (χ3n) is 3.54. The Balaban J connectivity index is 2.28. The molecule has 0 amide bonds. The third kappa shape index (κ3) is 6.92. The molecule has 0 heterocycles. The van der Waals surface area contributed by atoms with Gasteiger partial charge in [-0.3, -0.25) is 0 Å². The van der Waals surface area contributed by atoms with Gasteiger partial charge in [-0.05, 0) is 37.5 Å². The van der Waals surface area contributed by atoms with Crippen LogP contribution in [-0.4, -0.2) is 23.9 Å². The minimum absolute atomic E-state index is 0.610. The molecule has 20 heavy (non-hydrogen) atoms. The molecule has 0 spiro atoms. The Kier molecular flexibility index (Phi) is 7.63. The van der Waals surface area contributed by atoms with Crippen molar-refractivity contribution in [1.82, 2.24) is 5.32 Å². The van der Waals surface area contributed by atoms with Gasteiger partial charge in [-0.2, -0.15) is 0 Å². The Labute approximate surface area is 123 Å². The van der Waals surface area contributed by atoms with Crippen LogP contribution in [0.4, 0.5) is 0 Å². The van der Waals surface area contributed by atoms with Crippen molar-refractivity contribution in [2.75, 3.05) is 13.2 Å². The lowest BCUT2D eigenvalue weighted by atomic mass is 10.0. The van der Waals surface area contributed by atoms with Gasteiger partial charge in [-0.25, -0.2) is 0 Å². The average molecular weight is 279 g/mol. The molecule has 1 aromatic rings. The first kappa shape index (κ1) is 17.0. The van der Waals surface area contributed by atoms with Crippen molar-refractivity contribution >= 4 is 0 Å². The highest BCUT2D eigenvalue weighted by molar-refractivity contribution is 5.27. The van der Waals surface area contributed by atoms with Gasteiger partial charge in [0.25, 0.3) is 0 Å². The Morgan fingerprint density at radius 2 is 1.85 bits per heavy atom. The summed E-state index contributed by atoms with van der Waals surface area (Å²) in [6.07, 6.45) is 4.31. The number of benzene rings is 1. The molecule has 3 heteroatoms. The van der Waals surface area contributed by atoms with E-state index in [0.29, 0.717) is 6.54 Å². The zero-order valence-electron chi connectivity index (χ0n) is 13.1. The molecule has 0 saturated heterocycles. The van der Waals surface area contributed by atoms with Crippen LogP contribution in [0.15, 0.2) is 24.3 Å². The Morgan fingerprint density at radius 1 is 1.15 bits per heavy atom. The van der Waals surface area contributed by atoms with E-state index in [1.54, 1.807) is 0 Å². The topological polar surface area (TPSA) is 41.5 Å². The van der Waals surface area contributed by atoms with Crippen LogP contribution >= 0.6 is 0 Å². The van der Waals surface area contributed by atoms with Crippen LogP contribution in [-0.2, 0) is 6.54 Å². The van der Waals surface area contributed by atoms with E-state index in [1.165, 1.54) is 18.4 Å². The fraction of sp³-hybridized carbons (Fsp3) is 0.647. The van der Waals surface area contributed by atoms with Crippen LogP contribution in [0.2, 0.25) is 0 Å². The third-order valence-corrected chi connectivity index (χ3v) is 3.54. The highest BCUT2D eigenvalue weighted by Crippen LogP contribution is 2.13. The van der Waals surface area contributed by atoms with Crippen molar-refractivity contribution in [3.63, 3.8) is 0 Å². The number of aliphatic hydroxyl groups is 1. The van der Waals surface area contributed by atoms with Gasteiger partial charge in [0.2, 0.25) is 0 Å². The first-order valence-corrected chi connectivity index (χ1v) is 7.72. The van der Waals surface area contributed by atoms with Gasteiger partial charge in [0.1, 0.15) is 5.75 Å². The summed E-state index contributed by atoms with van der Waals surface area (Å²) in [6, 6.07) is 8.17. The van der Waals surface area contributed by atoms with E-state index >= 15 is 0 Å². The van der Waals surface area contributed by atoms with Gasteiger partial charge >= 0.3 is 0 Å². The molecule has 1 atom stereocenters. The van der Waals surface area contributed by atoms with E-state index in [2.05, 4.69) is 24.4 Å². The van der Waals surface area contributed by atoms with Crippen molar-refractivity contribution in [2.24, 2.45) is 0 Å². The fourth-order valence-corrected chi connectivity index (χ4v) is 1.85. The summed E-state index contributed by atoms with van der Waals surface area (Å²) in [5.41, 5.74) is 0.584. The molecule has 0 aliphatic heterocycles. The van der Waals surface area contributed by atoms with Crippen molar-refractivity contribution in [1.29, 1.82) is 0 Å². The second-order valence-corrected chi connectivity index (χ2v) is 5.65. The molecule has 114 valence electrons. The van der Waals surface area contributed by atoms with E-state index in [1.807, 2.05) is 26.0 Å². The van der Waals surface area contributed by atoms with Crippen LogP contribution in [0.1, 0.15) is 52.0 Å². The summed E-state index contributed by atoms with van der Waals surface area (Å²) in [7, 11) is 0. The molecular formula is C17H29NO2. The maximum absolute atomic E-state index is 9.90. The number of nitrogens with one attached hydrogen (secondary N) is 1. The summed E-state index contributed by atoms with van der Waals surface area (Å²) in [4.78, 5) is 0. The molecule has 0 saturated carbocycles. The molecule has 1 unspecified atom stereocenters. The predicted molar refractivity (Wildman–Crippen MR) is 84.1 cm³/mol. The standard InChI is InChI=1S/C17H29NO2/c1-4-6-7-12-20-16-10-8-15(9-11-16)13-18-14-17(3,19)5-2/h8-11,18-19H,4-7,12-14H2,1-3H3. The van der Waals surface area contributed by atoms with Crippen LogP contribution in [0.3, 0.4) is 0 Å². The molecule has 0 bridgehead atoms. The smallest absolute Gasteiger partial charge is 0.119 e. The van der Waals surface area contributed by atoms with Gasteiger partial charge in [-0.15, -0.1) is 0 Å². The molecule has 0 aliphatic rings. The van der Waals surface area contributed by atoms with Crippen molar-refractivity contribution in [3.05, 3.63) is 29.8 Å². The maximum Gasteiger partial charge on any atom is 0.119 e. The normalized spacial score (nSPS) is 14.0. The number of ether oxygens (including phenoxy) is 1. The lowest BCUT2D eigenvalue weighted by Gasteiger charge is -2.21. The number of hydrogen-bond donors (Lipinski definition) is 2. The maximum atomic E-state index is 9.90. The van der Waals surface area contributed by atoms with Crippen LogP contribution in [0.25, 0.3) is 0 Å². The quantitative estimate of drug-likeness (QED) is 0.644. The largest absolute Gasteiger partial charge is 0.494 e. The summed E-state index contributed by atoms with van der Waals surface area (Å²) < 4.78 is 5.68. The average Bonchev–Trinajstić information content (AvgIpc) is 2.45. The number of unbranched alkanes of at least 4 members (excludes halogenated alkanes) is 2. The van der Waals surface area contributed by atoms with E-state index in [0.717, 1.165) is 31.7 Å². The summed E-state index contributed by atoms with van der Waals surface area (Å²) in [5.74, 6) is 0.936. The summed E-state index contributed by atoms with van der Waals surface area (Å²) in [5, 5.41) is 13.2. The van der Waals surface area contributed by atoms with E-state index < -0.39 is 5.60 Å². The van der Waals surface area contributed by atoms with Crippen LogP contribution < -0.4 is 10.1 Å². The second kappa shape index (κ2) is 8.98. The van der Waals surface area contributed by atoms with E-state index in [9.17, 15) is 5.11 Å². The van der Waals surface area contributed by atoms with Crippen LogP contribution in [0, 0.1) is 0 Å². The molecule has 1 rings (SSSR count). The zero-order valence-corrected chi connectivity index (χ0v) is 13.1. The molecule has 0 aliphatic carbocycles. The van der Waals surface area contributed by atoms with Gasteiger partial charge in [-0.1, -0.05) is 38.8 Å². The first-order valence-electron chi connectivity index (χ1n) is 7.72. The molecule has 0 radical (unpaired) electrons. The Hall–Kier alpha value is -1.06. The second-order valence-electron chi connectivity index (χ2n) is 5.65. The summed E-state index contributed by atoms with van der Waals surface area (Å²) >= 11 is 0. The molecule has 2 N–H and O–H groups in total. The number of rotatable bonds is 10. The van der Waals surface area contributed by atoms with E-state index in [4.69, 9.17) is 4.74 Å². The van der Waals surface area contributed by atoms with Crippen molar-refractivity contribution in [2.45, 2.75) is 58.6 Å². The number of hydrogen-bond acceptors (Lipinski definition) is 3. The molecule has 0 aromatic heterocycles. The van der Waals surface area contributed by atoms with Gasteiger partial charge < -0.3 is 15.2 Å². The Bertz CT molecular complexity index is 360. The lowest BCUT2D eigenvalue weighted by Crippen LogP contribution is -2.36. The Morgan fingerprint density at radius 3 is 2.45 bits per heavy atom. The summed E-state index contributed by atoms with van der Waals surface area (Å²) in [6.45, 7) is 8.22. The zero-order chi connectivity index (χ0) is 14.8. The van der Waals surface area contributed by atoms with E-state index in [-0.39, 0.29) is 0 Å². The molecule has 1 aromatic carbocycles. The van der Waals surface area contributed by atoms with Gasteiger partial charge in [0, 0.05) is 13.1 Å². The van der Waals surface area contributed by atoms with Gasteiger partial charge in [0.05, 0.1) is 12.2 Å². The van der Waals surface area contributed by atoms with Crippen molar-refractivity contribution in [3.8, 4) is 5.75 Å².